The molecule has 1 aromatic rings. The minimum absolute atomic E-state index is 0.212. The van der Waals surface area contributed by atoms with Crippen LogP contribution in [0, 0.1) is 0 Å². The van der Waals surface area contributed by atoms with Crippen LogP contribution in [-0.2, 0) is 5.41 Å². The third kappa shape index (κ3) is 1.76. The van der Waals surface area contributed by atoms with Gasteiger partial charge in [-0.2, -0.15) is 4.73 Å². The second-order valence-electron chi connectivity index (χ2n) is 3.69. The van der Waals surface area contributed by atoms with Gasteiger partial charge in [-0.1, -0.05) is 20.8 Å². The molecule has 11 heavy (non-hydrogen) atoms. The summed E-state index contributed by atoms with van der Waals surface area (Å²) in [5.74, 6) is 0. The fourth-order valence-corrected chi connectivity index (χ4v) is 0.934. The van der Waals surface area contributed by atoms with Crippen LogP contribution in [0.15, 0.2) is 18.5 Å². The molecule has 0 unspecified atom stereocenters. The first kappa shape index (κ1) is 8.18. The smallest absolute Gasteiger partial charge is 0.104 e. The zero-order valence-corrected chi connectivity index (χ0v) is 7.59. The van der Waals surface area contributed by atoms with E-state index in [9.17, 15) is 0 Å². The predicted octanol–water partition coefficient (Wildman–Crippen LogP) is 1.84. The van der Waals surface area contributed by atoms with Crippen molar-refractivity contribution in [2.24, 2.45) is 0 Å². The highest BCUT2D eigenvalue weighted by Crippen LogP contribution is 2.21. The van der Waals surface area contributed by atoms with E-state index in [1.165, 1.54) is 5.56 Å². The third-order valence-corrected chi connectivity index (χ3v) is 1.74. The Balaban J connectivity index is 2.89. The van der Waals surface area contributed by atoms with Crippen LogP contribution in [0.1, 0.15) is 26.3 Å². The highest BCUT2D eigenvalue weighted by atomic mass is 16.6. The highest BCUT2D eigenvalue weighted by molar-refractivity contribution is 5.18. The second-order valence-corrected chi connectivity index (χ2v) is 3.69. The van der Waals surface area contributed by atoms with Crippen LogP contribution in [0.25, 0.3) is 0 Å². The van der Waals surface area contributed by atoms with E-state index in [1.54, 1.807) is 11.8 Å². The Hall–Kier alpha value is -0.920. The van der Waals surface area contributed by atoms with Gasteiger partial charge in [0.05, 0.1) is 0 Å². The maximum absolute atomic E-state index is 5.01. The first-order valence-electron chi connectivity index (χ1n) is 3.77. The summed E-state index contributed by atoms with van der Waals surface area (Å²) in [4.78, 5) is 5.01. The van der Waals surface area contributed by atoms with Crippen molar-refractivity contribution in [2.75, 3.05) is 7.11 Å². The normalized spacial score (nSPS) is 11.6. The summed E-state index contributed by atoms with van der Waals surface area (Å²) in [5, 5.41) is 0. The Labute approximate surface area is 67.7 Å². The Morgan fingerprint density at radius 3 is 2.27 bits per heavy atom. The van der Waals surface area contributed by atoms with E-state index < -0.39 is 0 Å². The van der Waals surface area contributed by atoms with Gasteiger partial charge >= 0.3 is 0 Å². The Kier molecular flexibility index (Phi) is 1.94. The molecule has 0 radical (unpaired) electrons. The molecule has 0 spiro atoms. The summed E-state index contributed by atoms with van der Waals surface area (Å²) in [7, 11) is 1.66. The maximum Gasteiger partial charge on any atom is 0.104 e. The van der Waals surface area contributed by atoms with Crippen LogP contribution in [0.5, 0.6) is 0 Å². The monoisotopic (exact) mass is 153 g/mol. The number of hydrogen-bond acceptors (Lipinski definition) is 1. The molecule has 0 aliphatic rings. The van der Waals surface area contributed by atoms with Crippen molar-refractivity contribution < 1.29 is 4.84 Å². The zero-order chi connectivity index (χ0) is 8.48. The molecule has 0 fully saturated rings. The molecule has 0 bridgehead atoms. The number of rotatable bonds is 1. The van der Waals surface area contributed by atoms with Crippen LogP contribution in [0.4, 0.5) is 0 Å². The SMILES string of the molecule is COn1ccc(C(C)(C)C)c1. The molecule has 0 aliphatic heterocycles. The number of nitrogens with zero attached hydrogens (tertiary/aromatic N) is 1. The molecule has 62 valence electrons. The lowest BCUT2D eigenvalue weighted by Crippen LogP contribution is -2.10. The molecule has 1 aromatic heterocycles. The van der Waals surface area contributed by atoms with E-state index in [-0.39, 0.29) is 5.41 Å². The van der Waals surface area contributed by atoms with Gasteiger partial charge in [0.15, 0.2) is 0 Å². The molecule has 0 N–H and O–H groups in total. The molecule has 0 atom stereocenters. The summed E-state index contributed by atoms with van der Waals surface area (Å²) in [5.41, 5.74) is 1.50. The van der Waals surface area contributed by atoms with Gasteiger partial charge in [-0.05, 0) is 17.0 Å². The molecule has 0 saturated carbocycles. The van der Waals surface area contributed by atoms with Crippen molar-refractivity contribution in [1.29, 1.82) is 0 Å². The number of hydrogen-bond donors (Lipinski definition) is 0. The summed E-state index contributed by atoms with van der Waals surface area (Å²) in [6.45, 7) is 6.55. The molecule has 2 heteroatoms. The molecule has 0 saturated heterocycles. The summed E-state index contributed by atoms with van der Waals surface area (Å²) in [6, 6.07) is 2.07. The van der Waals surface area contributed by atoms with Crippen molar-refractivity contribution in [3.05, 3.63) is 24.0 Å². The Morgan fingerprint density at radius 2 is 2.00 bits per heavy atom. The molecule has 0 amide bonds. The number of aromatic nitrogens is 1. The van der Waals surface area contributed by atoms with E-state index in [0.717, 1.165) is 0 Å². The Morgan fingerprint density at radius 1 is 1.36 bits per heavy atom. The van der Waals surface area contributed by atoms with Crippen LogP contribution in [-0.4, -0.2) is 11.8 Å². The van der Waals surface area contributed by atoms with Gasteiger partial charge in [0.1, 0.15) is 7.11 Å². The van der Waals surface area contributed by atoms with E-state index in [0.29, 0.717) is 0 Å². The zero-order valence-electron chi connectivity index (χ0n) is 7.59. The first-order valence-corrected chi connectivity index (χ1v) is 3.77. The van der Waals surface area contributed by atoms with Crippen molar-refractivity contribution in [3.8, 4) is 0 Å². The fraction of sp³-hybridized carbons (Fsp3) is 0.556. The molecule has 2 nitrogen and oxygen atoms in total. The lowest BCUT2D eigenvalue weighted by atomic mass is 9.89. The summed E-state index contributed by atoms with van der Waals surface area (Å²) < 4.78 is 1.71. The molecule has 0 aromatic carbocycles. The van der Waals surface area contributed by atoms with Gasteiger partial charge in [-0.3, -0.25) is 0 Å². The van der Waals surface area contributed by atoms with Gasteiger partial charge in [-0.15, -0.1) is 0 Å². The maximum atomic E-state index is 5.01. The Bertz CT molecular complexity index is 232. The summed E-state index contributed by atoms with van der Waals surface area (Å²) in [6.07, 6.45) is 3.92. The van der Waals surface area contributed by atoms with Crippen LogP contribution >= 0.6 is 0 Å². The van der Waals surface area contributed by atoms with Crippen molar-refractivity contribution >= 4 is 0 Å². The first-order chi connectivity index (χ1) is 5.04. The standard InChI is InChI=1S/C9H15NO/c1-9(2,3)8-5-6-10(7-8)11-4/h5-7H,1-4H3. The second kappa shape index (κ2) is 2.61. The van der Waals surface area contributed by atoms with E-state index in [1.807, 2.05) is 12.4 Å². The highest BCUT2D eigenvalue weighted by Gasteiger charge is 2.14. The molecule has 1 heterocycles. The van der Waals surface area contributed by atoms with Crippen LogP contribution in [0.3, 0.4) is 0 Å². The van der Waals surface area contributed by atoms with E-state index in [4.69, 9.17) is 4.84 Å². The van der Waals surface area contributed by atoms with Gasteiger partial charge in [-0.25, -0.2) is 0 Å². The van der Waals surface area contributed by atoms with Crippen molar-refractivity contribution in [1.82, 2.24) is 4.73 Å². The molecular formula is C9H15NO. The van der Waals surface area contributed by atoms with Gasteiger partial charge < -0.3 is 4.84 Å². The van der Waals surface area contributed by atoms with Gasteiger partial charge in [0.25, 0.3) is 0 Å². The van der Waals surface area contributed by atoms with E-state index in [2.05, 4.69) is 26.8 Å². The fourth-order valence-electron chi connectivity index (χ4n) is 0.934. The van der Waals surface area contributed by atoms with Crippen LogP contribution in [0.2, 0.25) is 0 Å². The minimum Gasteiger partial charge on any atom is -0.418 e. The quantitative estimate of drug-likeness (QED) is 0.600. The largest absolute Gasteiger partial charge is 0.418 e. The van der Waals surface area contributed by atoms with Gasteiger partial charge in [0, 0.05) is 12.4 Å². The van der Waals surface area contributed by atoms with Crippen LogP contribution < -0.4 is 4.84 Å². The summed E-state index contributed by atoms with van der Waals surface area (Å²) >= 11 is 0. The third-order valence-electron chi connectivity index (χ3n) is 1.74. The topological polar surface area (TPSA) is 14.2 Å². The average molecular weight is 153 g/mol. The average Bonchev–Trinajstić information content (AvgIpc) is 2.32. The molecule has 0 aliphatic carbocycles. The van der Waals surface area contributed by atoms with Crippen molar-refractivity contribution in [3.63, 3.8) is 0 Å². The molecular weight excluding hydrogens is 138 g/mol. The molecule has 1 rings (SSSR count). The van der Waals surface area contributed by atoms with Gasteiger partial charge in [0.2, 0.25) is 0 Å². The van der Waals surface area contributed by atoms with E-state index >= 15 is 0 Å². The lowest BCUT2D eigenvalue weighted by molar-refractivity contribution is 0.167. The predicted molar refractivity (Wildman–Crippen MR) is 45.6 cm³/mol. The lowest BCUT2D eigenvalue weighted by Gasteiger charge is -2.15. The minimum atomic E-state index is 0.212. The van der Waals surface area contributed by atoms with Crippen molar-refractivity contribution in [2.45, 2.75) is 26.2 Å².